The molecule has 0 aromatic rings. The summed E-state index contributed by atoms with van der Waals surface area (Å²) < 4.78 is 0. The van der Waals surface area contributed by atoms with E-state index >= 15 is 0 Å². The topological polar surface area (TPSA) is 26.0 Å². The van der Waals surface area contributed by atoms with Crippen molar-refractivity contribution < 1.29 is 0 Å². The molecule has 10 heavy (non-hydrogen) atoms. The molecule has 0 heterocycles. The van der Waals surface area contributed by atoms with E-state index in [4.69, 9.17) is 5.73 Å². The fourth-order valence-electron chi connectivity index (χ4n) is 0.700. The molecule has 0 saturated carbocycles. The number of hydrogen-bond donors (Lipinski definition) is 1. The summed E-state index contributed by atoms with van der Waals surface area (Å²) in [7, 11) is 0. The van der Waals surface area contributed by atoms with E-state index in [1.54, 1.807) is 0 Å². The third kappa shape index (κ3) is 5.83. The molecule has 0 aliphatic heterocycles. The maximum absolute atomic E-state index is 5.34. The van der Waals surface area contributed by atoms with Gasteiger partial charge < -0.3 is 5.73 Å². The van der Waals surface area contributed by atoms with E-state index < -0.39 is 0 Å². The SMILES string of the molecule is CC[C@@H](C)/C=C\CCCN. The molecular formula is C9H19N. The van der Waals surface area contributed by atoms with Crippen LogP contribution in [-0.4, -0.2) is 6.54 Å². The van der Waals surface area contributed by atoms with Crippen LogP contribution in [0.2, 0.25) is 0 Å². The minimum absolute atomic E-state index is 0.734. The average molecular weight is 141 g/mol. The molecule has 0 unspecified atom stereocenters. The lowest BCUT2D eigenvalue weighted by atomic mass is 10.1. The lowest BCUT2D eigenvalue weighted by Gasteiger charge is -1.98. The number of rotatable bonds is 5. The van der Waals surface area contributed by atoms with Crippen molar-refractivity contribution >= 4 is 0 Å². The van der Waals surface area contributed by atoms with Crippen LogP contribution in [0.4, 0.5) is 0 Å². The summed E-state index contributed by atoms with van der Waals surface area (Å²) in [6.07, 6.45) is 8.00. The minimum Gasteiger partial charge on any atom is -0.330 e. The van der Waals surface area contributed by atoms with Crippen molar-refractivity contribution in [2.75, 3.05) is 6.54 Å². The molecule has 1 nitrogen and oxygen atoms in total. The summed E-state index contributed by atoms with van der Waals surface area (Å²) in [5.41, 5.74) is 5.34. The summed E-state index contributed by atoms with van der Waals surface area (Å²) in [6.45, 7) is 5.25. The van der Waals surface area contributed by atoms with Crippen molar-refractivity contribution in [2.24, 2.45) is 11.7 Å². The highest BCUT2D eigenvalue weighted by molar-refractivity contribution is 4.85. The first-order valence-electron chi connectivity index (χ1n) is 4.18. The van der Waals surface area contributed by atoms with Crippen molar-refractivity contribution in [3.05, 3.63) is 12.2 Å². The van der Waals surface area contributed by atoms with Gasteiger partial charge in [-0.05, 0) is 25.3 Å². The Labute approximate surface area is 64.3 Å². The number of nitrogens with two attached hydrogens (primary N) is 1. The van der Waals surface area contributed by atoms with E-state index in [9.17, 15) is 0 Å². The van der Waals surface area contributed by atoms with Crippen LogP contribution in [0.25, 0.3) is 0 Å². The third-order valence-corrected chi connectivity index (χ3v) is 1.68. The zero-order valence-electron chi connectivity index (χ0n) is 7.14. The molecule has 0 aliphatic carbocycles. The maximum atomic E-state index is 5.34. The maximum Gasteiger partial charge on any atom is -0.00743 e. The normalized spacial score (nSPS) is 14.3. The molecule has 0 aromatic carbocycles. The summed E-state index contributed by atoms with van der Waals surface area (Å²) in [5.74, 6) is 0.734. The number of hydrogen-bond acceptors (Lipinski definition) is 1. The van der Waals surface area contributed by atoms with Crippen molar-refractivity contribution in [2.45, 2.75) is 33.1 Å². The predicted molar refractivity (Wildman–Crippen MR) is 46.9 cm³/mol. The Morgan fingerprint density at radius 1 is 1.50 bits per heavy atom. The number of unbranched alkanes of at least 4 members (excludes halogenated alkanes) is 1. The number of allylic oxidation sites excluding steroid dienone is 2. The van der Waals surface area contributed by atoms with Gasteiger partial charge in [0.1, 0.15) is 0 Å². The quantitative estimate of drug-likeness (QED) is 0.461. The van der Waals surface area contributed by atoms with Gasteiger partial charge in [-0.25, -0.2) is 0 Å². The van der Waals surface area contributed by atoms with Crippen LogP contribution >= 0.6 is 0 Å². The first kappa shape index (κ1) is 9.70. The third-order valence-electron chi connectivity index (χ3n) is 1.68. The Bertz CT molecular complexity index is 86.7. The zero-order valence-corrected chi connectivity index (χ0v) is 7.14. The van der Waals surface area contributed by atoms with Gasteiger partial charge in [0.2, 0.25) is 0 Å². The van der Waals surface area contributed by atoms with Gasteiger partial charge in [0.25, 0.3) is 0 Å². The summed E-state index contributed by atoms with van der Waals surface area (Å²) in [5, 5.41) is 0. The monoisotopic (exact) mass is 141 g/mol. The van der Waals surface area contributed by atoms with Crippen LogP contribution in [0, 0.1) is 5.92 Å². The first-order valence-corrected chi connectivity index (χ1v) is 4.18. The molecule has 2 N–H and O–H groups in total. The Hall–Kier alpha value is -0.300. The second-order valence-electron chi connectivity index (χ2n) is 2.74. The smallest absolute Gasteiger partial charge is 0.00743 e. The Morgan fingerprint density at radius 3 is 2.70 bits per heavy atom. The molecule has 60 valence electrons. The highest BCUT2D eigenvalue weighted by Crippen LogP contribution is 2.02. The van der Waals surface area contributed by atoms with Gasteiger partial charge in [-0.15, -0.1) is 0 Å². The van der Waals surface area contributed by atoms with E-state index in [-0.39, 0.29) is 0 Å². The minimum atomic E-state index is 0.734. The Balaban J connectivity index is 3.18. The molecule has 0 radical (unpaired) electrons. The molecule has 1 atom stereocenters. The van der Waals surface area contributed by atoms with E-state index in [2.05, 4.69) is 26.0 Å². The second-order valence-corrected chi connectivity index (χ2v) is 2.74. The first-order chi connectivity index (χ1) is 4.81. The van der Waals surface area contributed by atoms with Crippen molar-refractivity contribution in [3.8, 4) is 0 Å². The largest absolute Gasteiger partial charge is 0.330 e. The van der Waals surface area contributed by atoms with Gasteiger partial charge >= 0.3 is 0 Å². The van der Waals surface area contributed by atoms with E-state index in [0.717, 1.165) is 25.3 Å². The lowest BCUT2D eigenvalue weighted by Crippen LogP contribution is -1.96. The molecule has 0 aliphatic rings. The predicted octanol–water partition coefficient (Wildman–Crippen LogP) is 2.33. The van der Waals surface area contributed by atoms with Gasteiger partial charge in [-0.1, -0.05) is 32.4 Å². The van der Waals surface area contributed by atoms with Gasteiger partial charge in [-0.2, -0.15) is 0 Å². The van der Waals surface area contributed by atoms with Gasteiger partial charge in [0.05, 0.1) is 0 Å². The lowest BCUT2D eigenvalue weighted by molar-refractivity contribution is 0.693. The highest BCUT2D eigenvalue weighted by Gasteiger charge is 1.88. The van der Waals surface area contributed by atoms with E-state index in [1.165, 1.54) is 6.42 Å². The fourth-order valence-corrected chi connectivity index (χ4v) is 0.700. The van der Waals surface area contributed by atoms with Crippen LogP contribution in [0.5, 0.6) is 0 Å². The molecule has 0 saturated heterocycles. The Kier molecular flexibility index (Phi) is 6.61. The van der Waals surface area contributed by atoms with E-state index in [1.807, 2.05) is 0 Å². The van der Waals surface area contributed by atoms with Crippen LogP contribution in [-0.2, 0) is 0 Å². The fraction of sp³-hybridized carbons (Fsp3) is 0.778. The average Bonchev–Trinajstić information content (AvgIpc) is 1.98. The standard InChI is InChI=1S/C9H19N/c1-3-9(2)7-5-4-6-8-10/h5,7,9H,3-4,6,8,10H2,1-2H3/b7-5-/t9-/m1/s1. The zero-order chi connectivity index (χ0) is 7.82. The molecule has 0 fully saturated rings. The van der Waals surface area contributed by atoms with Gasteiger partial charge in [0, 0.05) is 0 Å². The summed E-state index contributed by atoms with van der Waals surface area (Å²) in [4.78, 5) is 0. The molecule has 0 amide bonds. The van der Waals surface area contributed by atoms with Crippen molar-refractivity contribution in [1.82, 2.24) is 0 Å². The second kappa shape index (κ2) is 6.81. The molecule has 0 bridgehead atoms. The van der Waals surface area contributed by atoms with Crippen molar-refractivity contribution in [1.29, 1.82) is 0 Å². The highest BCUT2D eigenvalue weighted by atomic mass is 14.5. The van der Waals surface area contributed by atoms with Crippen LogP contribution in [0.15, 0.2) is 12.2 Å². The van der Waals surface area contributed by atoms with Crippen LogP contribution in [0.3, 0.4) is 0 Å². The molecule has 0 spiro atoms. The molecule has 1 heteroatoms. The summed E-state index contributed by atoms with van der Waals surface area (Å²) >= 11 is 0. The van der Waals surface area contributed by atoms with E-state index in [0.29, 0.717) is 0 Å². The molecule has 0 aromatic heterocycles. The van der Waals surface area contributed by atoms with Gasteiger partial charge in [0.15, 0.2) is 0 Å². The molecule has 0 rings (SSSR count). The van der Waals surface area contributed by atoms with Crippen LogP contribution < -0.4 is 5.73 Å². The Morgan fingerprint density at radius 2 is 2.20 bits per heavy atom. The van der Waals surface area contributed by atoms with Crippen LogP contribution in [0.1, 0.15) is 33.1 Å². The summed E-state index contributed by atoms with van der Waals surface area (Å²) in [6, 6.07) is 0. The molecular weight excluding hydrogens is 122 g/mol. The van der Waals surface area contributed by atoms with Crippen molar-refractivity contribution in [3.63, 3.8) is 0 Å². The van der Waals surface area contributed by atoms with Gasteiger partial charge in [-0.3, -0.25) is 0 Å².